The lowest BCUT2D eigenvalue weighted by molar-refractivity contribution is 0.833. The Bertz CT molecular complexity index is 1020. The van der Waals surface area contributed by atoms with Gasteiger partial charge in [-0.2, -0.15) is 5.26 Å². The first-order valence-electron chi connectivity index (χ1n) is 6.01. The number of nitriles is 1. The second-order valence-electron chi connectivity index (χ2n) is 4.62. The Morgan fingerprint density at radius 1 is 1.40 bits per heavy atom. The summed E-state index contributed by atoms with van der Waals surface area (Å²) >= 11 is 0. The third-order valence-corrected chi connectivity index (χ3v) is 3.38. The normalized spacial score (nSPS) is 10.8. The minimum absolute atomic E-state index is 0.0461. The van der Waals surface area contributed by atoms with Crippen LogP contribution in [0.2, 0.25) is 0 Å². The predicted molar refractivity (Wildman–Crippen MR) is 73.2 cm³/mol. The Kier molecular flexibility index (Phi) is 2.44. The van der Waals surface area contributed by atoms with Crippen molar-refractivity contribution < 1.29 is 0 Å². The second kappa shape index (κ2) is 4.03. The number of hydrogen-bond acceptors (Lipinski definition) is 4. The van der Waals surface area contributed by atoms with Gasteiger partial charge < -0.3 is 4.57 Å². The number of aromatic nitrogens is 3. The van der Waals surface area contributed by atoms with E-state index in [9.17, 15) is 4.79 Å². The summed E-state index contributed by atoms with van der Waals surface area (Å²) in [6.07, 6.45) is 1.65. The van der Waals surface area contributed by atoms with E-state index in [1.165, 1.54) is 15.0 Å². The van der Waals surface area contributed by atoms with E-state index in [4.69, 9.17) is 10.7 Å². The molecule has 3 heterocycles. The molecule has 3 rings (SSSR count). The standard InChI is InChI=1S/C14H11N5O/c1-8-4-3-5-19-12(8)17-13-10(14(19)20)6-9(7-15)11(16)18(13)2/h3-6,16H,1-2H3. The van der Waals surface area contributed by atoms with Gasteiger partial charge in [0.25, 0.3) is 5.56 Å². The molecule has 0 amide bonds. The third kappa shape index (κ3) is 1.47. The second-order valence-corrected chi connectivity index (χ2v) is 4.62. The fourth-order valence-electron chi connectivity index (χ4n) is 2.27. The minimum Gasteiger partial charge on any atom is -0.313 e. The molecule has 0 aliphatic rings. The first-order valence-corrected chi connectivity index (χ1v) is 6.01. The predicted octanol–water partition coefficient (Wildman–Crippen LogP) is 0.846. The van der Waals surface area contributed by atoms with Gasteiger partial charge in [0.15, 0.2) is 0 Å². The van der Waals surface area contributed by atoms with Crippen LogP contribution in [-0.4, -0.2) is 14.0 Å². The van der Waals surface area contributed by atoms with Gasteiger partial charge in [-0.3, -0.25) is 14.6 Å². The molecule has 0 saturated heterocycles. The maximum Gasteiger partial charge on any atom is 0.267 e. The van der Waals surface area contributed by atoms with Crippen LogP contribution >= 0.6 is 0 Å². The van der Waals surface area contributed by atoms with E-state index < -0.39 is 0 Å². The van der Waals surface area contributed by atoms with E-state index in [1.54, 1.807) is 19.3 Å². The molecule has 0 saturated carbocycles. The zero-order valence-corrected chi connectivity index (χ0v) is 11.0. The summed E-state index contributed by atoms with van der Waals surface area (Å²) in [7, 11) is 1.63. The highest BCUT2D eigenvalue weighted by atomic mass is 16.1. The summed E-state index contributed by atoms with van der Waals surface area (Å²) in [5, 5.41) is 17.3. The van der Waals surface area contributed by atoms with Crippen molar-refractivity contribution >= 4 is 16.7 Å². The lowest BCUT2D eigenvalue weighted by Gasteiger charge is -2.09. The van der Waals surface area contributed by atoms with Gasteiger partial charge in [0.1, 0.15) is 22.9 Å². The van der Waals surface area contributed by atoms with Gasteiger partial charge in [-0.25, -0.2) is 4.98 Å². The molecule has 0 fully saturated rings. The van der Waals surface area contributed by atoms with Gasteiger partial charge in [0.05, 0.1) is 10.9 Å². The Hall–Kier alpha value is -2.94. The van der Waals surface area contributed by atoms with Crippen LogP contribution in [0.1, 0.15) is 11.1 Å². The number of fused-ring (bicyclic) bond motifs is 2. The van der Waals surface area contributed by atoms with Crippen molar-refractivity contribution in [2.75, 3.05) is 0 Å². The van der Waals surface area contributed by atoms with Crippen LogP contribution in [0.3, 0.4) is 0 Å². The highest BCUT2D eigenvalue weighted by Gasteiger charge is 2.11. The Labute approximate surface area is 113 Å². The number of pyridine rings is 2. The summed E-state index contributed by atoms with van der Waals surface area (Å²) in [5.41, 5.74) is 1.82. The van der Waals surface area contributed by atoms with Crippen LogP contribution in [-0.2, 0) is 7.05 Å². The Balaban J connectivity index is 2.69. The van der Waals surface area contributed by atoms with E-state index in [2.05, 4.69) is 4.98 Å². The maximum absolute atomic E-state index is 12.5. The van der Waals surface area contributed by atoms with Crippen LogP contribution in [0.4, 0.5) is 0 Å². The minimum atomic E-state index is -0.235. The summed E-state index contributed by atoms with van der Waals surface area (Å²) in [5.74, 6) is 0. The lowest BCUT2D eigenvalue weighted by Crippen LogP contribution is -2.25. The summed E-state index contributed by atoms with van der Waals surface area (Å²) in [6, 6.07) is 7.02. The largest absolute Gasteiger partial charge is 0.313 e. The Morgan fingerprint density at radius 3 is 2.85 bits per heavy atom. The number of hydrogen-bond donors (Lipinski definition) is 1. The zero-order chi connectivity index (χ0) is 14.4. The fourth-order valence-corrected chi connectivity index (χ4v) is 2.27. The molecule has 6 heteroatoms. The smallest absolute Gasteiger partial charge is 0.267 e. The molecule has 0 spiro atoms. The molecule has 0 aliphatic carbocycles. The van der Waals surface area contributed by atoms with Crippen molar-refractivity contribution in [2.45, 2.75) is 6.92 Å². The summed E-state index contributed by atoms with van der Waals surface area (Å²) < 4.78 is 2.92. The van der Waals surface area contributed by atoms with Crippen molar-refractivity contribution in [3.05, 3.63) is 51.4 Å². The van der Waals surface area contributed by atoms with Crippen molar-refractivity contribution in [2.24, 2.45) is 7.05 Å². The molecule has 98 valence electrons. The molecule has 1 N–H and O–H groups in total. The van der Waals surface area contributed by atoms with Gasteiger partial charge >= 0.3 is 0 Å². The van der Waals surface area contributed by atoms with Crippen LogP contribution < -0.4 is 11.0 Å². The van der Waals surface area contributed by atoms with Crippen LogP contribution in [0.25, 0.3) is 16.7 Å². The molecule has 0 unspecified atom stereocenters. The third-order valence-electron chi connectivity index (χ3n) is 3.38. The molecule has 0 aliphatic heterocycles. The van der Waals surface area contributed by atoms with Gasteiger partial charge in [-0.15, -0.1) is 0 Å². The molecule has 3 aromatic heterocycles. The lowest BCUT2D eigenvalue weighted by atomic mass is 10.2. The van der Waals surface area contributed by atoms with Crippen molar-refractivity contribution in [3.8, 4) is 6.07 Å². The van der Waals surface area contributed by atoms with E-state index in [1.807, 2.05) is 19.1 Å². The molecule has 20 heavy (non-hydrogen) atoms. The first-order chi connectivity index (χ1) is 9.54. The van der Waals surface area contributed by atoms with Crippen molar-refractivity contribution in [3.63, 3.8) is 0 Å². The number of nitrogens with one attached hydrogen (secondary N) is 1. The number of rotatable bonds is 0. The van der Waals surface area contributed by atoms with Gasteiger partial charge in [-0.05, 0) is 24.6 Å². The van der Waals surface area contributed by atoms with E-state index in [-0.39, 0.29) is 16.6 Å². The highest BCUT2D eigenvalue weighted by molar-refractivity contribution is 5.78. The number of aryl methyl sites for hydroxylation is 2. The van der Waals surface area contributed by atoms with E-state index in [0.717, 1.165) is 5.56 Å². The van der Waals surface area contributed by atoms with Crippen LogP contribution in [0, 0.1) is 23.7 Å². The van der Waals surface area contributed by atoms with E-state index in [0.29, 0.717) is 16.7 Å². The monoisotopic (exact) mass is 265 g/mol. The quantitative estimate of drug-likeness (QED) is 0.611. The maximum atomic E-state index is 12.5. The Morgan fingerprint density at radius 2 is 2.15 bits per heavy atom. The van der Waals surface area contributed by atoms with Crippen molar-refractivity contribution in [1.82, 2.24) is 14.0 Å². The molecular weight excluding hydrogens is 254 g/mol. The fraction of sp³-hybridized carbons (Fsp3) is 0.143. The highest BCUT2D eigenvalue weighted by Crippen LogP contribution is 2.11. The first kappa shape index (κ1) is 12.1. The van der Waals surface area contributed by atoms with E-state index >= 15 is 0 Å². The van der Waals surface area contributed by atoms with Crippen LogP contribution in [0.15, 0.2) is 29.2 Å². The summed E-state index contributed by atoms with van der Waals surface area (Å²) in [4.78, 5) is 17.0. The van der Waals surface area contributed by atoms with Gasteiger partial charge in [-0.1, -0.05) is 6.07 Å². The number of nitrogens with zero attached hydrogens (tertiary/aromatic N) is 4. The molecular formula is C14H11N5O. The molecule has 0 atom stereocenters. The average molecular weight is 265 g/mol. The SMILES string of the molecule is Cc1cccn2c(=O)c3cc(C#N)c(=N)n(C)c3nc12. The van der Waals surface area contributed by atoms with Crippen molar-refractivity contribution in [1.29, 1.82) is 10.7 Å². The molecule has 0 aromatic carbocycles. The topological polar surface area (TPSA) is 86.9 Å². The summed E-state index contributed by atoms with van der Waals surface area (Å²) in [6.45, 7) is 1.87. The molecule has 6 nitrogen and oxygen atoms in total. The average Bonchev–Trinajstić information content (AvgIpc) is 2.45. The molecule has 0 bridgehead atoms. The zero-order valence-electron chi connectivity index (χ0n) is 11.0. The van der Waals surface area contributed by atoms with Gasteiger partial charge in [0.2, 0.25) is 0 Å². The van der Waals surface area contributed by atoms with Crippen LogP contribution in [0.5, 0.6) is 0 Å². The molecule has 3 aromatic rings. The van der Waals surface area contributed by atoms with Gasteiger partial charge in [0, 0.05) is 13.2 Å². The molecule has 0 radical (unpaired) electrons.